The number of aromatic nitrogens is 1. The van der Waals surface area contributed by atoms with Gasteiger partial charge in [-0.05, 0) is 68.3 Å². The molecule has 0 spiro atoms. The van der Waals surface area contributed by atoms with Crippen LogP contribution < -0.4 is 0 Å². The average molecular weight is 478 g/mol. The van der Waals surface area contributed by atoms with Gasteiger partial charge in [0.25, 0.3) is 11.1 Å². The van der Waals surface area contributed by atoms with Gasteiger partial charge in [0.1, 0.15) is 6.54 Å². The van der Waals surface area contributed by atoms with Crippen molar-refractivity contribution in [3.63, 3.8) is 0 Å². The molecule has 2 aromatic rings. The third-order valence-corrected chi connectivity index (χ3v) is 7.27. The third-order valence-electron chi connectivity index (χ3n) is 5.55. The highest BCUT2D eigenvalue weighted by Gasteiger charge is 2.37. The minimum Gasteiger partial charge on any atom is -0.341 e. The summed E-state index contributed by atoms with van der Waals surface area (Å²) in [5, 5.41) is 0.478. The fourth-order valence-corrected chi connectivity index (χ4v) is 5.16. The average Bonchev–Trinajstić information content (AvgIpc) is 3.42. The normalized spacial score (nSPS) is 18.0. The maximum Gasteiger partial charge on any atom is 0.294 e. The van der Waals surface area contributed by atoms with Crippen LogP contribution in [0.2, 0.25) is 10.0 Å². The van der Waals surface area contributed by atoms with Crippen LogP contribution in [0.3, 0.4) is 0 Å². The monoisotopic (exact) mass is 477 g/mol. The summed E-state index contributed by atoms with van der Waals surface area (Å²) in [6.45, 7) is 5.00. The molecule has 6 nitrogen and oxygen atoms in total. The van der Waals surface area contributed by atoms with Gasteiger partial charge in [0.15, 0.2) is 0 Å². The van der Waals surface area contributed by atoms with Crippen LogP contribution in [0.25, 0.3) is 11.8 Å². The molecule has 9 heteroatoms. The zero-order valence-corrected chi connectivity index (χ0v) is 19.5. The second-order valence-corrected chi connectivity index (χ2v) is 9.37. The van der Waals surface area contributed by atoms with Gasteiger partial charge in [0, 0.05) is 24.5 Å². The highest BCUT2D eigenvalue weighted by atomic mass is 35.5. The molecule has 2 aliphatic rings. The molecular formula is C22H21Cl2N3O3S. The molecule has 2 aliphatic heterocycles. The van der Waals surface area contributed by atoms with Crippen LogP contribution in [0.5, 0.6) is 0 Å². The highest BCUT2D eigenvalue weighted by molar-refractivity contribution is 8.18. The topological polar surface area (TPSA) is 62.6 Å². The number of halogens is 2. The molecule has 3 amide bonds. The first-order valence-electron chi connectivity index (χ1n) is 9.94. The number of carbonyl (C=O) groups is 3. The predicted octanol–water partition coefficient (Wildman–Crippen LogP) is 5.06. The lowest BCUT2D eigenvalue weighted by molar-refractivity contribution is -0.135. The number of nitrogens with zero attached hydrogens (tertiary/aromatic N) is 3. The van der Waals surface area contributed by atoms with E-state index >= 15 is 0 Å². The fraction of sp³-hybridized carbons (Fsp3) is 0.318. The van der Waals surface area contributed by atoms with Gasteiger partial charge in [-0.1, -0.05) is 29.3 Å². The highest BCUT2D eigenvalue weighted by Crippen LogP contribution is 2.35. The summed E-state index contributed by atoms with van der Waals surface area (Å²) < 4.78 is 1.96. The molecule has 0 bridgehead atoms. The van der Waals surface area contributed by atoms with Crippen molar-refractivity contribution in [1.29, 1.82) is 0 Å². The van der Waals surface area contributed by atoms with Crippen LogP contribution in [0.4, 0.5) is 4.79 Å². The van der Waals surface area contributed by atoms with Gasteiger partial charge in [-0.25, -0.2) is 0 Å². The number of hydrogen-bond donors (Lipinski definition) is 0. The number of likely N-dealkylation sites (tertiary alicyclic amines) is 1. The Kier molecular flexibility index (Phi) is 6.19. The van der Waals surface area contributed by atoms with Gasteiger partial charge >= 0.3 is 0 Å². The number of benzene rings is 1. The van der Waals surface area contributed by atoms with E-state index in [0.717, 1.165) is 52.1 Å². The smallest absolute Gasteiger partial charge is 0.294 e. The van der Waals surface area contributed by atoms with E-state index in [-0.39, 0.29) is 12.5 Å². The van der Waals surface area contributed by atoms with Crippen LogP contribution in [-0.4, -0.2) is 51.1 Å². The summed E-state index contributed by atoms with van der Waals surface area (Å²) in [6.07, 6.45) is 3.61. The molecule has 0 N–H and O–H groups in total. The molecule has 2 fully saturated rings. The third kappa shape index (κ3) is 4.14. The first-order chi connectivity index (χ1) is 14.8. The Morgan fingerprint density at radius 2 is 1.87 bits per heavy atom. The first-order valence-corrected chi connectivity index (χ1v) is 11.5. The van der Waals surface area contributed by atoms with Gasteiger partial charge in [-0.15, -0.1) is 0 Å². The maximum atomic E-state index is 12.8. The van der Waals surface area contributed by atoms with Crippen LogP contribution in [0.15, 0.2) is 29.2 Å². The molecule has 0 radical (unpaired) electrons. The van der Waals surface area contributed by atoms with E-state index in [2.05, 4.69) is 0 Å². The second-order valence-electron chi connectivity index (χ2n) is 7.59. The molecular weight excluding hydrogens is 457 g/mol. The zero-order valence-electron chi connectivity index (χ0n) is 17.2. The number of carbonyl (C=O) groups excluding carboxylic acids is 3. The Labute approximate surface area is 194 Å². The van der Waals surface area contributed by atoms with E-state index in [1.807, 2.05) is 36.6 Å². The molecule has 0 saturated carbocycles. The summed E-state index contributed by atoms with van der Waals surface area (Å²) in [4.78, 5) is 40.7. The number of imide groups is 1. The van der Waals surface area contributed by atoms with Crippen molar-refractivity contribution in [2.24, 2.45) is 0 Å². The van der Waals surface area contributed by atoms with E-state index in [4.69, 9.17) is 23.2 Å². The van der Waals surface area contributed by atoms with E-state index in [0.29, 0.717) is 28.0 Å². The standard InChI is InChI=1S/C22H21Cl2N3O3S/c1-13-10-15(14(2)27(13)17-7-5-6-16(23)20(17)24)11-18-21(29)26(22(30)31-18)12-19(28)25-8-3-4-9-25/h5-7,10-11H,3-4,8-9,12H2,1-2H3/b18-11-. The molecule has 1 aromatic heterocycles. The lowest BCUT2D eigenvalue weighted by Crippen LogP contribution is -2.40. The molecule has 2 saturated heterocycles. The second kappa shape index (κ2) is 8.73. The quantitative estimate of drug-likeness (QED) is 0.577. The van der Waals surface area contributed by atoms with Gasteiger partial charge in [-0.2, -0.15) is 0 Å². The Bertz CT molecular complexity index is 1120. The molecule has 0 aliphatic carbocycles. The van der Waals surface area contributed by atoms with Crippen LogP contribution in [0.1, 0.15) is 29.8 Å². The van der Waals surface area contributed by atoms with E-state index in [1.165, 1.54) is 0 Å². The minimum absolute atomic E-state index is 0.185. The fourth-order valence-electron chi connectivity index (χ4n) is 3.95. The van der Waals surface area contributed by atoms with Crippen LogP contribution in [-0.2, 0) is 9.59 Å². The number of rotatable bonds is 4. The SMILES string of the molecule is Cc1cc(/C=C2\SC(=O)N(CC(=O)N3CCCC3)C2=O)c(C)n1-c1cccc(Cl)c1Cl. The summed E-state index contributed by atoms with van der Waals surface area (Å²) >= 11 is 13.4. The summed E-state index contributed by atoms with van der Waals surface area (Å²) in [6, 6.07) is 7.35. The van der Waals surface area contributed by atoms with Crippen molar-refractivity contribution in [3.05, 3.63) is 56.2 Å². The minimum atomic E-state index is -0.437. The van der Waals surface area contributed by atoms with Gasteiger partial charge in [0.05, 0.1) is 20.6 Å². The molecule has 31 heavy (non-hydrogen) atoms. The van der Waals surface area contributed by atoms with Crippen LogP contribution in [0, 0.1) is 13.8 Å². The Hall–Kier alpha value is -2.22. The Balaban J connectivity index is 1.60. The largest absolute Gasteiger partial charge is 0.341 e. The maximum absolute atomic E-state index is 12.8. The van der Waals surface area contributed by atoms with Crippen molar-refractivity contribution in [2.45, 2.75) is 26.7 Å². The first kappa shape index (κ1) is 22.0. The van der Waals surface area contributed by atoms with Gasteiger partial charge in [0.2, 0.25) is 5.91 Å². The van der Waals surface area contributed by atoms with E-state index < -0.39 is 11.1 Å². The number of thioether (sulfide) groups is 1. The van der Waals surface area contributed by atoms with Gasteiger partial charge < -0.3 is 9.47 Å². The van der Waals surface area contributed by atoms with Crippen molar-refractivity contribution in [3.8, 4) is 5.69 Å². The van der Waals surface area contributed by atoms with Crippen molar-refractivity contribution in [1.82, 2.24) is 14.4 Å². The Morgan fingerprint density at radius 3 is 2.58 bits per heavy atom. The van der Waals surface area contributed by atoms with Crippen molar-refractivity contribution in [2.75, 3.05) is 19.6 Å². The summed E-state index contributed by atoms with van der Waals surface area (Å²) in [5.74, 6) is -0.622. The summed E-state index contributed by atoms with van der Waals surface area (Å²) in [7, 11) is 0. The lowest BCUT2D eigenvalue weighted by atomic mass is 10.2. The number of amides is 3. The molecule has 4 rings (SSSR count). The van der Waals surface area contributed by atoms with E-state index in [9.17, 15) is 14.4 Å². The number of hydrogen-bond acceptors (Lipinski definition) is 4. The van der Waals surface area contributed by atoms with Crippen molar-refractivity contribution >= 4 is 58.1 Å². The van der Waals surface area contributed by atoms with E-state index in [1.54, 1.807) is 17.0 Å². The van der Waals surface area contributed by atoms with Crippen LogP contribution >= 0.6 is 35.0 Å². The predicted molar refractivity (Wildman–Crippen MR) is 124 cm³/mol. The molecule has 162 valence electrons. The molecule has 1 aromatic carbocycles. The molecule has 3 heterocycles. The molecule has 0 atom stereocenters. The van der Waals surface area contributed by atoms with Crippen molar-refractivity contribution < 1.29 is 14.4 Å². The Morgan fingerprint density at radius 1 is 1.16 bits per heavy atom. The summed E-state index contributed by atoms with van der Waals surface area (Å²) in [5.41, 5.74) is 3.32. The zero-order chi connectivity index (χ0) is 22.3. The van der Waals surface area contributed by atoms with Gasteiger partial charge in [-0.3, -0.25) is 19.3 Å². The molecule has 0 unspecified atom stereocenters. The number of aryl methyl sites for hydroxylation is 1. The lowest BCUT2D eigenvalue weighted by Gasteiger charge is -2.18.